The number of nitrogens with zero attached hydrogens (tertiary/aromatic N) is 1. The summed E-state index contributed by atoms with van der Waals surface area (Å²) in [6, 6.07) is 0. The zero-order valence-corrected chi connectivity index (χ0v) is 6.31. The van der Waals surface area contributed by atoms with Crippen LogP contribution in [0.5, 0.6) is 0 Å². The normalized spacial score (nSPS) is 9.80. The fourth-order valence-electron chi connectivity index (χ4n) is 0.551. The molecule has 0 amide bonds. The van der Waals surface area contributed by atoms with Gasteiger partial charge in [-0.15, -0.1) is 11.3 Å². The van der Waals surface area contributed by atoms with Gasteiger partial charge in [0.25, 0.3) is 0 Å². The average molecular weight is 157 g/mol. The van der Waals surface area contributed by atoms with Crippen LogP contribution in [0.3, 0.4) is 0 Å². The molecule has 4 heteroatoms. The van der Waals surface area contributed by atoms with Gasteiger partial charge >= 0.3 is 0 Å². The first-order valence-corrected chi connectivity index (χ1v) is 3.62. The number of carbonyl (C=O) groups excluding carboxylic acids is 1. The van der Waals surface area contributed by atoms with Crippen LogP contribution < -0.4 is 0 Å². The molecule has 3 nitrogen and oxygen atoms in total. The van der Waals surface area contributed by atoms with E-state index < -0.39 is 6.61 Å². The Hall–Kier alpha value is -0.740. The SMILES string of the molecule is Cc1cnc(C(=O)CO)s1. The molecule has 0 unspecified atom stereocenters. The van der Waals surface area contributed by atoms with E-state index in [1.54, 1.807) is 6.20 Å². The van der Waals surface area contributed by atoms with Gasteiger partial charge in [-0.3, -0.25) is 4.79 Å². The largest absolute Gasteiger partial charge is 0.388 e. The second kappa shape index (κ2) is 2.90. The predicted molar refractivity (Wildman–Crippen MR) is 38.3 cm³/mol. The van der Waals surface area contributed by atoms with Crippen molar-refractivity contribution in [3.05, 3.63) is 16.1 Å². The van der Waals surface area contributed by atoms with E-state index in [0.717, 1.165) is 4.88 Å². The van der Waals surface area contributed by atoms with Gasteiger partial charge in [0, 0.05) is 11.1 Å². The van der Waals surface area contributed by atoms with E-state index in [1.165, 1.54) is 11.3 Å². The van der Waals surface area contributed by atoms with Crippen LogP contribution in [-0.2, 0) is 0 Å². The minimum Gasteiger partial charge on any atom is -0.388 e. The van der Waals surface area contributed by atoms with Gasteiger partial charge in [-0.1, -0.05) is 0 Å². The molecule has 0 bridgehead atoms. The molecule has 0 aromatic carbocycles. The Balaban J connectivity index is 2.85. The van der Waals surface area contributed by atoms with E-state index in [1.807, 2.05) is 6.92 Å². The van der Waals surface area contributed by atoms with Crippen LogP contribution in [0, 0.1) is 6.92 Å². The summed E-state index contributed by atoms with van der Waals surface area (Å²) in [6.45, 7) is 1.42. The molecule has 54 valence electrons. The van der Waals surface area contributed by atoms with Crippen molar-refractivity contribution in [2.45, 2.75) is 6.92 Å². The third-order valence-corrected chi connectivity index (χ3v) is 1.96. The van der Waals surface area contributed by atoms with Crippen molar-refractivity contribution in [1.29, 1.82) is 0 Å². The lowest BCUT2D eigenvalue weighted by Crippen LogP contribution is -2.02. The second-order valence-corrected chi connectivity index (χ2v) is 3.09. The standard InChI is InChI=1S/C6H7NO2S/c1-4-2-7-6(10-4)5(9)3-8/h2,8H,3H2,1H3. The molecule has 0 aliphatic heterocycles. The first-order chi connectivity index (χ1) is 4.74. The summed E-state index contributed by atoms with van der Waals surface area (Å²) in [5, 5.41) is 8.80. The number of aliphatic hydroxyl groups is 1. The fourth-order valence-corrected chi connectivity index (χ4v) is 1.25. The number of hydrogen-bond donors (Lipinski definition) is 1. The summed E-state index contributed by atoms with van der Waals surface area (Å²) < 4.78 is 0. The van der Waals surface area contributed by atoms with Crippen LogP contribution in [-0.4, -0.2) is 22.5 Å². The summed E-state index contributed by atoms with van der Waals surface area (Å²) in [7, 11) is 0. The van der Waals surface area contributed by atoms with E-state index in [2.05, 4.69) is 4.98 Å². The van der Waals surface area contributed by atoms with Crippen LogP contribution >= 0.6 is 11.3 Å². The topological polar surface area (TPSA) is 50.2 Å². The van der Waals surface area contributed by atoms with Gasteiger partial charge in [0.2, 0.25) is 5.78 Å². The predicted octanol–water partition coefficient (Wildman–Crippen LogP) is 0.627. The Morgan fingerprint density at radius 3 is 3.00 bits per heavy atom. The van der Waals surface area contributed by atoms with Crippen LogP contribution in [0.15, 0.2) is 6.20 Å². The maximum atomic E-state index is 10.7. The number of aliphatic hydroxyl groups excluding tert-OH is 1. The van der Waals surface area contributed by atoms with Crippen LogP contribution in [0.25, 0.3) is 0 Å². The maximum absolute atomic E-state index is 10.7. The van der Waals surface area contributed by atoms with Crippen molar-refractivity contribution in [2.24, 2.45) is 0 Å². The summed E-state index contributed by atoms with van der Waals surface area (Å²) in [6.07, 6.45) is 1.62. The van der Waals surface area contributed by atoms with E-state index in [0.29, 0.717) is 5.01 Å². The number of carbonyl (C=O) groups is 1. The molecule has 1 heterocycles. The zero-order chi connectivity index (χ0) is 7.56. The van der Waals surface area contributed by atoms with Gasteiger partial charge in [0.15, 0.2) is 5.01 Å². The van der Waals surface area contributed by atoms with Gasteiger partial charge in [0.05, 0.1) is 0 Å². The van der Waals surface area contributed by atoms with Gasteiger partial charge < -0.3 is 5.11 Å². The molecule has 0 saturated carbocycles. The Morgan fingerprint density at radius 1 is 1.90 bits per heavy atom. The maximum Gasteiger partial charge on any atom is 0.216 e. The molecule has 0 spiro atoms. The first kappa shape index (κ1) is 7.37. The van der Waals surface area contributed by atoms with Gasteiger partial charge in [-0.2, -0.15) is 0 Å². The molecule has 0 aliphatic carbocycles. The molecule has 10 heavy (non-hydrogen) atoms. The van der Waals surface area contributed by atoms with Gasteiger partial charge in [0.1, 0.15) is 6.61 Å². The van der Waals surface area contributed by atoms with Crippen molar-refractivity contribution in [1.82, 2.24) is 4.98 Å². The number of aryl methyl sites for hydroxylation is 1. The summed E-state index contributed by atoms with van der Waals surface area (Å²) in [5.74, 6) is -0.307. The highest BCUT2D eigenvalue weighted by atomic mass is 32.1. The number of hydrogen-bond acceptors (Lipinski definition) is 4. The van der Waals surface area contributed by atoms with Crippen molar-refractivity contribution in [2.75, 3.05) is 6.61 Å². The Labute approximate surface area is 62.3 Å². The summed E-state index contributed by atoms with van der Waals surface area (Å²) in [4.78, 5) is 15.5. The van der Waals surface area contributed by atoms with E-state index in [-0.39, 0.29) is 5.78 Å². The molecule has 1 aromatic heterocycles. The number of rotatable bonds is 2. The average Bonchev–Trinajstić information content (AvgIpc) is 2.34. The second-order valence-electron chi connectivity index (χ2n) is 1.86. The Morgan fingerprint density at radius 2 is 2.60 bits per heavy atom. The van der Waals surface area contributed by atoms with E-state index in [4.69, 9.17) is 5.11 Å². The third kappa shape index (κ3) is 1.40. The Kier molecular flexibility index (Phi) is 2.13. The molecule has 0 saturated heterocycles. The lowest BCUT2D eigenvalue weighted by Gasteiger charge is -1.85. The lowest BCUT2D eigenvalue weighted by molar-refractivity contribution is 0.0903. The van der Waals surface area contributed by atoms with Crippen molar-refractivity contribution in [3.63, 3.8) is 0 Å². The molecular weight excluding hydrogens is 150 g/mol. The fraction of sp³-hybridized carbons (Fsp3) is 0.333. The monoisotopic (exact) mass is 157 g/mol. The molecule has 0 aliphatic rings. The van der Waals surface area contributed by atoms with Crippen molar-refractivity contribution in [3.8, 4) is 0 Å². The molecular formula is C6H7NO2S. The van der Waals surface area contributed by atoms with Crippen molar-refractivity contribution >= 4 is 17.1 Å². The van der Waals surface area contributed by atoms with Gasteiger partial charge in [-0.25, -0.2) is 4.98 Å². The highest BCUT2D eigenvalue weighted by molar-refractivity contribution is 7.13. The Bertz CT molecular complexity index is 244. The zero-order valence-electron chi connectivity index (χ0n) is 5.50. The summed E-state index contributed by atoms with van der Waals surface area (Å²) >= 11 is 1.30. The van der Waals surface area contributed by atoms with Crippen molar-refractivity contribution < 1.29 is 9.90 Å². The highest BCUT2D eigenvalue weighted by Gasteiger charge is 2.06. The summed E-state index contributed by atoms with van der Waals surface area (Å²) in [5.41, 5.74) is 0. The van der Waals surface area contributed by atoms with E-state index >= 15 is 0 Å². The number of aromatic nitrogens is 1. The smallest absolute Gasteiger partial charge is 0.216 e. The van der Waals surface area contributed by atoms with Crippen LogP contribution in [0.2, 0.25) is 0 Å². The minimum atomic E-state index is -0.451. The molecule has 0 fully saturated rings. The van der Waals surface area contributed by atoms with Crippen LogP contribution in [0.4, 0.5) is 0 Å². The number of ketones is 1. The molecule has 0 atom stereocenters. The lowest BCUT2D eigenvalue weighted by atomic mass is 10.4. The quantitative estimate of drug-likeness (QED) is 0.640. The third-order valence-electron chi connectivity index (χ3n) is 1.00. The van der Waals surface area contributed by atoms with E-state index in [9.17, 15) is 4.79 Å². The molecule has 1 aromatic rings. The van der Waals surface area contributed by atoms with Crippen LogP contribution in [0.1, 0.15) is 14.7 Å². The first-order valence-electron chi connectivity index (χ1n) is 2.80. The minimum absolute atomic E-state index is 0.307. The number of Topliss-reactive ketones (excluding diaryl/α,β-unsaturated/α-hetero) is 1. The molecule has 1 N–H and O–H groups in total. The molecule has 0 radical (unpaired) electrons. The number of thiazole rings is 1. The molecule has 1 rings (SSSR count). The highest BCUT2D eigenvalue weighted by Crippen LogP contribution is 2.10. The van der Waals surface area contributed by atoms with Gasteiger partial charge in [-0.05, 0) is 6.92 Å².